The number of nitrogens with zero attached hydrogens (tertiary/aromatic N) is 1. The van der Waals surface area contributed by atoms with Gasteiger partial charge in [-0.05, 0) is 52.1 Å². The first-order chi connectivity index (χ1) is 7.24. The summed E-state index contributed by atoms with van der Waals surface area (Å²) in [6, 6.07) is 0.863. The highest BCUT2D eigenvalue weighted by atomic mass is 16.3. The Balaban J connectivity index is 2.10. The summed E-state index contributed by atoms with van der Waals surface area (Å²) < 4.78 is 0. The van der Waals surface area contributed by atoms with Crippen LogP contribution in [0.5, 0.6) is 0 Å². The van der Waals surface area contributed by atoms with Crippen LogP contribution in [-0.2, 0) is 0 Å². The molecule has 0 aromatic rings. The van der Waals surface area contributed by atoms with Gasteiger partial charge in [0.2, 0.25) is 0 Å². The van der Waals surface area contributed by atoms with Gasteiger partial charge in [0, 0.05) is 6.04 Å². The monoisotopic (exact) mass is 213 g/mol. The van der Waals surface area contributed by atoms with Crippen LogP contribution < -0.4 is 0 Å². The van der Waals surface area contributed by atoms with Gasteiger partial charge < -0.3 is 10.0 Å². The summed E-state index contributed by atoms with van der Waals surface area (Å²) in [6.45, 7) is 6.58. The maximum absolute atomic E-state index is 9.17. The summed E-state index contributed by atoms with van der Waals surface area (Å²) in [5, 5.41) is 9.17. The Morgan fingerprint density at radius 3 is 2.47 bits per heavy atom. The van der Waals surface area contributed by atoms with E-state index in [1.807, 2.05) is 6.92 Å². The Hall–Kier alpha value is -0.0800. The zero-order valence-corrected chi connectivity index (χ0v) is 10.4. The van der Waals surface area contributed by atoms with Crippen LogP contribution in [0.25, 0.3) is 0 Å². The van der Waals surface area contributed by atoms with E-state index in [9.17, 15) is 5.11 Å². The topological polar surface area (TPSA) is 23.5 Å². The molecule has 0 aromatic carbocycles. The molecule has 1 unspecified atom stereocenters. The molecule has 1 aliphatic carbocycles. The molecule has 2 heteroatoms. The molecule has 1 saturated carbocycles. The molecule has 1 atom stereocenters. The highest BCUT2D eigenvalue weighted by Gasteiger charge is 2.20. The van der Waals surface area contributed by atoms with Crippen molar-refractivity contribution in [1.82, 2.24) is 4.90 Å². The first-order valence-corrected chi connectivity index (χ1v) is 6.66. The van der Waals surface area contributed by atoms with E-state index in [-0.39, 0.29) is 6.10 Å². The summed E-state index contributed by atoms with van der Waals surface area (Å²) >= 11 is 0. The molecule has 90 valence electrons. The molecule has 0 radical (unpaired) electrons. The lowest BCUT2D eigenvalue weighted by molar-refractivity contribution is 0.170. The van der Waals surface area contributed by atoms with Gasteiger partial charge in [-0.1, -0.05) is 19.8 Å². The molecule has 1 aliphatic rings. The number of hydrogen-bond acceptors (Lipinski definition) is 2. The second kappa shape index (κ2) is 7.24. The smallest absolute Gasteiger partial charge is 0.0512 e. The predicted molar refractivity (Wildman–Crippen MR) is 65.0 cm³/mol. The van der Waals surface area contributed by atoms with Crippen LogP contribution >= 0.6 is 0 Å². The van der Waals surface area contributed by atoms with Crippen molar-refractivity contribution in [3.8, 4) is 0 Å². The van der Waals surface area contributed by atoms with Gasteiger partial charge in [-0.15, -0.1) is 0 Å². The van der Waals surface area contributed by atoms with E-state index < -0.39 is 0 Å². The fourth-order valence-electron chi connectivity index (χ4n) is 2.62. The quantitative estimate of drug-likeness (QED) is 0.657. The zero-order valence-electron chi connectivity index (χ0n) is 10.4. The molecule has 0 heterocycles. The maximum Gasteiger partial charge on any atom is 0.0512 e. The maximum atomic E-state index is 9.17. The van der Waals surface area contributed by atoms with Gasteiger partial charge in [0.05, 0.1) is 6.10 Å². The summed E-state index contributed by atoms with van der Waals surface area (Å²) in [4.78, 5) is 2.63. The average Bonchev–Trinajstić information content (AvgIpc) is 2.70. The second-order valence-corrected chi connectivity index (χ2v) is 4.91. The number of aliphatic hydroxyl groups excluding tert-OH is 1. The van der Waals surface area contributed by atoms with Gasteiger partial charge in [-0.25, -0.2) is 0 Å². The van der Waals surface area contributed by atoms with E-state index >= 15 is 0 Å². The van der Waals surface area contributed by atoms with E-state index in [2.05, 4.69) is 11.8 Å². The highest BCUT2D eigenvalue weighted by Crippen LogP contribution is 2.23. The molecule has 2 nitrogen and oxygen atoms in total. The van der Waals surface area contributed by atoms with E-state index in [0.717, 1.165) is 12.5 Å². The fraction of sp³-hybridized carbons (Fsp3) is 1.00. The van der Waals surface area contributed by atoms with Crippen LogP contribution in [0, 0.1) is 0 Å². The van der Waals surface area contributed by atoms with Crippen molar-refractivity contribution >= 4 is 0 Å². The van der Waals surface area contributed by atoms with E-state index in [4.69, 9.17) is 0 Å². The summed E-state index contributed by atoms with van der Waals surface area (Å²) in [6.07, 6.45) is 8.92. The van der Waals surface area contributed by atoms with Crippen molar-refractivity contribution in [2.45, 2.75) is 70.9 Å². The van der Waals surface area contributed by atoms with Gasteiger partial charge in [-0.3, -0.25) is 0 Å². The minimum atomic E-state index is -0.119. The summed E-state index contributed by atoms with van der Waals surface area (Å²) in [5.41, 5.74) is 0. The molecule has 15 heavy (non-hydrogen) atoms. The number of unbranched alkanes of at least 4 members (excludes halogenated alkanes) is 1. The lowest BCUT2D eigenvalue weighted by atomic mass is 10.1. The largest absolute Gasteiger partial charge is 0.393 e. The lowest BCUT2D eigenvalue weighted by Crippen LogP contribution is -2.33. The molecule has 0 amide bonds. The minimum Gasteiger partial charge on any atom is -0.393 e. The van der Waals surface area contributed by atoms with Crippen LogP contribution in [0.4, 0.5) is 0 Å². The summed E-state index contributed by atoms with van der Waals surface area (Å²) in [7, 11) is 0. The van der Waals surface area contributed by atoms with Gasteiger partial charge in [0.15, 0.2) is 0 Å². The molecule has 1 fully saturated rings. The number of aliphatic hydroxyl groups is 1. The molecule has 0 spiro atoms. The first kappa shape index (κ1) is 13.0. The Morgan fingerprint density at radius 2 is 1.93 bits per heavy atom. The highest BCUT2D eigenvalue weighted by molar-refractivity contribution is 4.76. The molecule has 1 rings (SSSR count). The van der Waals surface area contributed by atoms with Gasteiger partial charge in [0.1, 0.15) is 0 Å². The molecular weight excluding hydrogens is 186 g/mol. The normalized spacial score (nSPS) is 20.0. The number of rotatable bonds is 7. The van der Waals surface area contributed by atoms with E-state index in [1.54, 1.807) is 0 Å². The molecule has 0 bridgehead atoms. The van der Waals surface area contributed by atoms with E-state index in [0.29, 0.717) is 0 Å². The molecule has 1 N–H and O–H groups in total. The standard InChI is InChI=1S/C13H27NO/c1-3-14(13-9-4-5-10-13)11-7-6-8-12(2)15/h12-13,15H,3-11H2,1-2H3. The predicted octanol–water partition coefficient (Wildman–Crippen LogP) is 2.80. The zero-order chi connectivity index (χ0) is 11.1. The Labute approximate surface area is 94.7 Å². The number of hydrogen-bond donors (Lipinski definition) is 1. The fourth-order valence-corrected chi connectivity index (χ4v) is 2.62. The van der Waals surface area contributed by atoms with Crippen LogP contribution in [0.2, 0.25) is 0 Å². The molecule has 0 saturated heterocycles. The van der Waals surface area contributed by atoms with Gasteiger partial charge in [0.25, 0.3) is 0 Å². The first-order valence-electron chi connectivity index (χ1n) is 6.66. The minimum absolute atomic E-state index is 0.119. The van der Waals surface area contributed by atoms with Crippen molar-refractivity contribution in [3.63, 3.8) is 0 Å². The third kappa shape index (κ3) is 4.98. The molecule has 0 aromatic heterocycles. The SMILES string of the molecule is CCN(CCCCC(C)O)C1CCCC1. The third-order valence-electron chi connectivity index (χ3n) is 3.56. The second-order valence-electron chi connectivity index (χ2n) is 4.91. The Bertz CT molecular complexity index is 153. The van der Waals surface area contributed by atoms with Crippen molar-refractivity contribution < 1.29 is 5.11 Å². The van der Waals surface area contributed by atoms with E-state index in [1.165, 1.54) is 51.6 Å². The lowest BCUT2D eigenvalue weighted by Gasteiger charge is -2.27. The van der Waals surface area contributed by atoms with Crippen LogP contribution in [0.1, 0.15) is 58.8 Å². The van der Waals surface area contributed by atoms with Crippen molar-refractivity contribution in [2.75, 3.05) is 13.1 Å². The third-order valence-corrected chi connectivity index (χ3v) is 3.56. The Morgan fingerprint density at radius 1 is 1.27 bits per heavy atom. The van der Waals surface area contributed by atoms with Crippen molar-refractivity contribution in [3.05, 3.63) is 0 Å². The van der Waals surface area contributed by atoms with Crippen LogP contribution in [0.15, 0.2) is 0 Å². The van der Waals surface area contributed by atoms with Crippen LogP contribution in [-0.4, -0.2) is 35.2 Å². The van der Waals surface area contributed by atoms with Gasteiger partial charge >= 0.3 is 0 Å². The van der Waals surface area contributed by atoms with Crippen molar-refractivity contribution in [1.29, 1.82) is 0 Å². The summed E-state index contributed by atoms with van der Waals surface area (Å²) in [5.74, 6) is 0. The van der Waals surface area contributed by atoms with Crippen molar-refractivity contribution in [2.24, 2.45) is 0 Å². The van der Waals surface area contributed by atoms with Gasteiger partial charge in [-0.2, -0.15) is 0 Å². The molecule has 0 aliphatic heterocycles. The molecular formula is C13H27NO. The Kier molecular flexibility index (Phi) is 6.26. The van der Waals surface area contributed by atoms with Crippen LogP contribution in [0.3, 0.4) is 0 Å². The average molecular weight is 213 g/mol.